The van der Waals surface area contributed by atoms with Crippen LogP contribution < -0.4 is 5.32 Å². The van der Waals surface area contributed by atoms with Crippen LogP contribution in [0.15, 0.2) is 22.7 Å². The molecule has 1 aromatic carbocycles. The molecule has 0 bridgehead atoms. The number of hydrogen-bond acceptors (Lipinski definition) is 2. The summed E-state index contributed by atoms with van der Waals surface area (Å²) in [5.41, 5.74) is 1.23. The predicted octanol–water partition coefficient (Wildman–Crippen LogP) is 3.69. The zero-order valence-corrected chi connectivity index (χ0v) is 13.4. The van der Waals surface area contributed by atoms with Gasteiger partial charge in [0.2, 0.25) is 0 Å². The molecule has 0 unspecified atom stereocenters. The molecule has 0 aromatic heterocycles. The maximum absolute atomic E-state index is 13.3. The number of benzene rings is 1. The molecule has 1 fully saturated rings. The number of alkyl halides is 3. The van der Waals surface area contributed by atoms with E-state index < -0.39 is 12.2 Å². The lowest BCUT2D eigenvalue weighted by molar-refractivity contribution is -0.187. The Labute approximate surface area is 131 Å². The van der Waals surface area contributed by atoms with Gasteiger partial charge in [-0.2, -0.15) is 13.2 Å². The molecule has 0 aliphatic carbocycles. The van der Waals surface area contributed by atoms with Crippen molar-refractivity contribution in [1.29, 1.82) is 0 Å². The van der Waals surface area contributed by atoms with Crippen molar-refractivity contribution in [1.82, 2.24) is 10.2 Å². The minimum Gasteiger partial charge on any atom is -0.314 e. The highest BCUT2D eigenvalue weighted by Crippen LogP contribution is 2.38. The van der Waals surface area contributed by atoms with Crippen LogP contribution >= 0.6 is 28.3 Å². The summed E-state index contributed by atoms with van der Waals surface area (Å²) in [4.78, 5) is 1.49. The largest absolute Gasteiger partial charge is 0.408 e. The molecule has 1 N–H and O–H groups in total. The van der Waals surface area contributed by atoms with Crippen LogP contribution in [0.25, 0.3) is 0 Å². The Morgan fingerprint density at radius 2 is 1.85 bits per heavy atom. The molecule has 0 spiro atoms. The fraction of sp³-hybridized carbons (Fsp3) is 0.538. The predicted molar refractivity (Wildman–Crippen MR) is 79.4 cm³/mol. The van der Waals surface area contributed by atoms with Crippen LogP contribution in [0, 0.1) is 6.92 Å². The van der Waals surface area contributed by atoms with Crippen molar-refractivity contribution < 1.29 is 13.2 Å². The van der Waals surface area contributed by atoms with Crippen molar-refractivity contribution in [3.8, 4) is 0 Å². The molecule has 0 saturated carbocycles. The lowest BCUT2D eigenvalue weighted by Crippen LogP contribution is -2.49. The van der Waals surface area contributed by atoms with Crippen molar-refractivity contribution in [2.75, 3.05) is 26.2 Å². The molecule has 1 atom stereocenters. The second kappa shape index (κ2) is 7.11. The summed E-state index contributed by atoms with van der Waals surface area (Å²) < 4.78 is 40.8. The molecule has 2 nitrogen and oxygen atoms in total. The van der Waals surface area contributed by atoms with Crippen molar-refractivity contribution >= 4 is 28.3 Å². The van der Waals surface area contributed by atoms with Gasteiger partial charge in [0.25, 0.3) is 0 Å². The average Bonchev–Trinajstić information content (AvgIpc) is 2.34. The summed E-state index contributed by atoms with van der Waals surface area (Å²) in [5.74, 6) is 0. The van der Waals surface area contributed by atoms with E-state index in [2.05, 4.69) is 21.2 Å². The van der Waals surface area contributed by atoms with E-state index in [0.29, 0.717) is 31.7 Å². The number of aryl methyl sites for hydroxylation is 1. The van der Waals surface area contributed by atoms with Gasteiger partial charge in [0, 0.05) is 30.7 Å². The summed E-state index contributed by atoms with van der Waals surface area (Å²) in [6, 6.07) is 3.35. The molecule has 0 amide bonds. The van der Waals surface area contributed by atoms with Gasteiger partial charge in [0.1, 0.15) is 6.04 Å². The second-order valence-electron chi connectivity index (χ2n) is 4.74. The summed E-state index contributed by atoms with van der Waals surface area (Å²) in [5, 5.41) is 3.07. The van der Waals surface area contributed by atoms with E-state index in [1.165, 1.54) is 4.90 Å². The SMILES string of the molecule is Cc1ccc([C@H](N2CCNCC2)C(F)(F)F)cc1Br.Cl. The van der Waals surface area contributed by atoms with Gasteiger partial charge in [-0.3, -0.25) is 4.90 Å². The third-order valence-corrected chi connectivity index (χ3v) is 4.19. The zero-order chi connectivity index (χ0) is 14.0. The molecule has 7 heteroatoms. The van der Waals surface area contributed by atoms with Gasteiger partial charge in [-0.25, -0.2) is 0 Å². The molecular formula is C13H17BrClF3N2. The highest BCUT2D eigenvalue weighted by molar-refractivity contribution is 9.10. The maximum atomic E-state index is 13.3. The Morgan fingerprint density at radius 1 is 1.25 bits per heavy atom. The number of halogens is 5. The first kappa shape index (κ1) is 17.8. The van der Waals surface area contributed by atoms with Gasteiger partial charge in [0.05, 0.1) is 0 Å². The van der Waals surface area contributed by atoms with E-state index >= 15 is 0 Å². The van der Waals surface area contributed by atoms with E-state index in [1.807, 2.05) is 6.92 Å². The molecule has 1 aliphatic heterocycles. The standard InChI is InChI=1S/C13H16BrF3N2.ClH/c1-9-2-3-10(8-11(9)14)12(13(15,16)17)19-6-4-18-5-7-19;/h2-3,8,12,18H,4-7H2,1H3;1H/t12-;/m0./s1. The third kappa shape index (κ3) is 4.10. The molecule has 114 valence electrons. The van der Waals surface area contributed by atoms with Gasteiger partial charge in [-0.05, 0) is 24.1 Å². The number of nitrogens with one attached hydrogen (secondary N) is 1. The third-order valence-electron chi connectivity index (χ3n) is 3.34. The number of rotatable bonds is 2. The lowest BCUT2D eigenvalue weighted by atomic mass is 10.0. The van der Waals surface area contributed by atoms with E-state index in [0.717, 1.165) is 10.0 Å². The topological polar surface area (TPSA) is 15.3 Å². The van der Waals surface area contributed by atoms with Crippen LogP contribution in [-0.4, -0.2) is 37.3 Å². The Morgan fingerprint density at radius 3 is 2.35 bits per heavy atom. The highest BCUT2D eigenvalue weighted by Gasteiger charge is 2.44. The smallest absolute Gasteiger partial charge is 0.314 e. The molecular weight excluding hydrogens is 357 g/mol. The quantitative estimate of drug-likeness (QED) is 0.850. The first-order chi connectivity index (χ1) is 8.89. The number of piperazine rings is 1. The Kier molecular flexibility index (Phi) is 6.31. The lowest BCUT2D eigenvalue weighted by Gasteiger charge is -2.36. The van der Waals surface area contributed by atoms with Gasteiger partial charge in [-0.1, -0.05) is 28.1 Å². The van der Waals surface area contributed by atoms with Gasteiger partial charge in [0.15, 0.2) is 0 Å². The van der Waals surface area contributed by atoms with Crippen molar-refractivity contribution in [3.05, 3.63) is 33.8 Å². The molecule has 1 heterocycles. The highest BCUT2D eigenvalue weighted by atomic mass is 79.9. The first-order valence-electron chi connectivity index (χ1n) is 6.17. The molecule has 1 saturated heterocycles. The summed E-state index contributed by atoms with van der Waals surface area (Å²) in [6.45, 7) is 3.88. The summed E-state index contributed by atoms with van der Waals surface area (Å²) >= 11 is 3.31. The van der Waals surface area contributed by atoms with E-state index in [1.54, 1.807) is 18.2 Å². The first-order valence-corrected chi connectivity index (χ1v) is 6.96. The normalized spacial score (nSPS) is 18.4. The summed E-state index contributed by atoms with van der Waals surface area (Å²) in [7, 11) is 0. The molecule has 2 rings (SSSR count). The Hall–Kier alpha value is -0.300. The van der Waals surface area contributed by atoms with Gasteiger partial charge in [-0.15, -0.1) is 12.4 Å². The van der Waals surface area contributed by atoms with Crippen molar-refractivity contribution in [3.63, 3.8) is 0 Å². The van der Waals surface area contributed by atoms with Gasteiger partial charge >= 0.3 is 6.18 Å². The average molecular weight is 374 g/mol. The molecule has 0 radical (unpaired) electrons. The molecule has 20 heavy (non-hydrogen) atoms. The minimum absolute atomic E-state index is 0. The fourth-order valence-electron chi connectivity index (χ4n) is 2.33. The van der Waals surface area contributed by atoms with Crippen LogP contribution in [0.5, 0.6) is 0 Å². The van der Waals surface area contributed by atoms with Gasteiger partial charge < -0.3 is 5.32 Å². The second-order valence-corrected chi connectivity index (χ2v) is 5.59. The number of nitrogens with zero attached hydrogens (tertiary/aromatic N) is 1. The van der Waals surface area contributed by atoms with E-state index in [-0.39, 0.29) is 12.4 Å². The van der Waals surface area contributed by atoms with Crippen molar-refractivity contribution in [2.24, 2.45) is 0 Å². The zero-order valence-electron chi connectivity index (χ0n) is 11.0. The summed E-state index contributed by atoms with van der Waals surface area (Å²) in [6.07, 6.45) is -4.26. The Balaban J connectivity index is 0.00000200. The van der Waals surface area contributed by atoms with Crippen LogP contribution in [0.1, 0.15) is 17.2 Å². The number of hydrogen-bond donors (Lipinski definition) is 1. The Bertz CT molecular complexity index is 448. The maximum Gasteiger partial charge on any atom is 0.408 e. The van der Waals surface area contributed by atoms with Crippen molar-refractivity contribution in [2.45, 2.75) is 19.1 Å². The minimum atomic E-state index is -4.26. The van der Waals surface area contributed by atoms with E-state index in [4.69, 9.17) is 0 Å². The van der Waals surface area contributed by atoms with Crippen LogP contribution in [-0.2, 0) is 0 Å². The van der Waals surface area contributed by atoms with Crippen LogP contribution in [0.3, 0.4) is 0 Å². The molecule has 1 aromatic rings. The monoisotopic (exact) mass is 372 g/mol. The molecule has 1 aliphatic rings. The fourth-order valence-corrected chi connectivity index (χ4v) is 2.72. The van der Waals surface area contributed by atoms with Crippen LogP contribution in [0.4, 0.5) is 13.2 Å². The van der Waals surface area contributed by atoms with Crippen LogP contribution in [0.2, 0.25) is 0 Å². The van der Waals surface area contributed by atoms with E-state index in [9.17, 15) is 13.2 Å².